The quantitative estimate of drug-likeness (QED) is 0.152. The molecule has 0 bridgehead atoms. The predicted molar refractivity (Wildman–Crippen MR) is 237 cm³/mol. The Hall–Kier alpha value is -7.42. The van der Waals surface area contributed by atoms with Crippen LogP contribution in [0.5, 0.6) is 0 Å². The van der Waals surface area contributed by atoms with E-state index in [0.717, 1.165) is 28.3 Å². The lowest BCUT2D eigenvalue weighted by Crippen LogP contribution is -2.10. The number of aromatic nitrogens is 1. The van der Waals surface area contributed by atoms with Gasteiger partial charge in [-0.3, -0.25) is 0 Å². The summed E-state index contributed by atoms with van der Waals surface area (Å²) in [6, 6.07) is 83.1. The summed E-state index contributed by atoms with van der Waals surface area (Å²) in [5, 5.41) is 2.53. The topological polar surface area (TPSA) is 8.17 Å². The highest BCUT2D eigenvalue weighted by Gasteiger charge is 2.17. The van der Waals surface area contributed by atoms with Gasteiger partial charge in [-0.15, -0.1) is 0 Å². The van der Waals surface area contributed by atoms with Crippen LogP contribution < -0.4 is 4.90 Å². The zero-order valence-corrected chi connectivity index (χ0v) is 30.8. The van der Waals surface area contributed by atoms with Crippen molar-refractivity contribution in [3.63, 3.8) is 0 Å². The van der Waals surface area contributed by atoms with E-state index in [1.54, 1.807) is 0 Å². The van der Waals surface area contributed by atoms with E-state index >= 15 is 0 Å². The van der Waals surface area contributed by atoms with Crippen molar-refractivity contribution in [2.75, 3.05) is 4.90 Å². The Bertz CT molecular complexity index is 2840. The van der Waals surface area contributed by atoms with Crippen LogP contribution in [-0.4, -0.2) is 4.57 Å². The molecule has 0 fully saturated rings. The van der Waals surface area contributed by atoms with E-state index in [1.807, 2.05) is 0 Å². The minimum absolute atomic E-state index is 1.09. The average molecular weight is 715 g/mol. The molecule has 9 aromatic carbocycles. The van der Waals surface area contributed by atoms with Gasteiger partial charge >= 0.3 is 0 Å². The zero-order valence-electron chi connectivity index (χ0n) is 30.8. The summed E-state index contributed by atoms with van der Waals surface area (Å²) < 4.78 is 2.38. The molecular formula is C54H38N2. The van der Waals surface area contributed by atoms with Crippen molar-refractivity contribution in [1.29, 1.82) is 0 Å². The molecule has 56 heavy (non-hydrogen) atoms. The third-order valence-electron chi connectivity index (χ3n) is 10.7. The Labute approximate surface area is 327 Å². The van der Waals surface area contributed by atoms with Gasteiger partial charge in [0.2, 0.25) is 0 Å². The average Bonchev–Trinajstić information content (AvgIpc) is 3.62. The van der Waals surface area contributed by atoms with Crippen molar-refractivity contribution in [3.8, 4) is 50.2 Å². The van der Waals surface area contributed by atoms with Crippen LogP contribution in [0.25, 0.3) is 72.0 Å². The zero-order chi connectivity index (χ0) is 37.3. The van der Waals surface area contributed by atoms with Gasteiger partial charge in [0.15, 0.2) is 0 Å². The van der Waals surface area contributed by atoms with Crippen LogP contribution in [-0.2, 0) is 0 Å². The van der Waals surface area contributed by atoms with Crippen molar-refractivity contribution in [3.05, 3.63) is 231 Å². The van der Waals surface area contributed by atoms with Gasteiger partial charge in [-0.1, -0.05) is 164 Å². The van der Waals surface area contributed by atoms with E-state index in [-0.39, 0.29) is 0 Å². The number of hydrogen-bond acceptors (Lipinski definition) is 1. The second-order valence-electron chi connectivity index (χ2n) is 14.2. The van der Waals surface area contributed by atoms with E-state index in [9.17, 15) is 0 Å². The lowest BCUT2D eigenvalue weighted by Gasteiger charge is -2.27. The highest BCUT2D eigenvalue weighted by molar-refractivity contribution is 6.09. The molecule has 0 aliphatic carbocycles. The van der Waals surface area contributed by atoms with Gasteiger partial charge in [0, 0.05) is 33.5 Å². The van der Waals surface area contributed by atoms with Crippen LogP contribution in [0, 0.1) is 0 Å². The Morgan fingerprint density at radius 1 is 0.250 bits per heavy atom. The van der Waals surface area contributed by atoms with Crippen molar-refractivity contribution in [2.24, 2.45) is 0 Å². The van der Waals surface area contributed by atoms with Gasteiger partial charge in [0.1, 0.15) is 0 Å². The summed E-state index contributed by atoms with van der Waals surface area (Å²) in [5.41, 5.74) is 16.3. The number of nitrogens with zero attached hydrogens (tertiary/aromatic N) is 2. The molecule has 0 radical (unpaired) electrons. The molecule has 0 amide bonds. The summed E-state index contributed by atoms with van der Waals surface area (Å²) in [7, 11) is 0. The van der Waals surface area contributed by atoms with Gasteiger partial charge in [-0.2, -0.15) is 0 Å². The lowest BCUT2D eigenvalue weighted by atomic mass is 9.98. The molecule has 0 aliphatic rings. The number of para-hydroxylation sites is 2. The number of rotatable bonds is 8. The molecule has 0 aliphatic heterocycles. The fourth-order valence-electron chi connectivity index (χ4n) is 8.09. The molecule has 0 saturated carbocycles. The Morgan fingerprint density at radius 3 is 1.07 bits per heavy atom. The van der Waals surface area contributed by atoms with Crippen LogP contribution in [0.3, 0.4) is 0 Å². The number of hydrogen-bond donors (Lipinski definition) is 0. The van der Waals surface area contributed by atoms with Gasteiger partial charge in [-0.05, 0) is 111 Å². The smallest absolute Gasteiger partial charge is 0.0541 e. The van der Waals surface area contributed by atoms with Crippen molar-refractivity contribution in [2.45, 2.75) is 0 Å². The Morgan fingerprint density at radius 2 is 0.589 bits per heavy atom. The van der Waals surface area contributed by atoms with E-state index in [0.29, 0.717) is 0 Å². The first-order valence-corrected chi connectivity index (χ1v) is 19.2. The highest BCUT2D eigenvalue weighted by Crippen LogP contribution is 2.40. The van der Waals surface area contributed by atoms with Crippen LogP contribution in [0.15, 0.2) is 231 Å². The summed E-state index contributed by atoms with van der Waals surface area (Å²) in [6.45, 7) is 0. The summed E-state index contributed by atoms with van der Waals surface area (Å²) >= 11 is 0. The molecule has 10 aromatic rings. The summed E-state index contributed by atoms with van der Waals surface area (Å²) in [4.78, 5) is 2.38. The van der Waals surface area contributed by atoms with Crippen LogP contribution >= 0.6 is 0 Å². The molecule has 0 N–H and O–H groups in total. The number of benzene rings is 9. The molecule has 1 aromatic heterocycles. The molecule has 0 saturated heterocycles. The van der Waals surface area contributed by atoms with Crippen molar-refractivity contribution < 1.29 is 0 Å². The first-order chi connectivity index (χ1) is 27.8. The summed E-state index contributed by atoms with van der Waals surface area (Å²) in [6.07, 6.45) is 0. The fourth-order valence-corrected chi connectivity index (χ4v) is 8.09. The SMILES string of the molecule is c1ccc(-c2cccc(N(c3cccc(-c4ccccc4)c3)c3cccc(-c4cccc(-c5cccc(-n6c7ccccc7c7ccccc76)c5)c4)c3)c2)cc1. The largest absolute Gasteiger partial charge is 0.310 e. The predicted octanol–water partition coefficient (Wildman–Crippen LogP) is 14.9. The van der Waals surface area contributed by atoms with E-state index < -0.39 is 0 Å². The molecular weight excluding hydrogens is 677 g/mol. The van der Waals surface area contributed by atoms with Gasteiger partial charge in [0.05, 0.1) is 11.0 Å². The maximum absolute atomic E-state index is 2.38. The van der Waals surface area contributed by atoms with Crippen molar-refractivity contribution in [1.82, 2.24) is 4.57 Å². The molecule has 264 valence electrons. The molecule has 1 heterocycles. The minimum Gasteiger partial charge on any atom is -0.310 e. The normalized spacial score (nSPS) is 11.2. The van der Waals surface area contributed by atoms with Gasteiger partial charge in [0.25, 0.3) is 0 Å². The first-order valence-electron chi connectivity index (χ1n) is 19.2. The van der Waals surface area contributed by atoms with Gasteiger partial charge in [-0.25, -0.2) is 0 Å². The standard InChI is InChI=1S/C54H38N2/c1-3-16-39(17-4-1)43-22-12-26-47(35-43)55(48-27-13-23-44(36-48)40-18-5-2-6-19-40)49-28-14-24-45(37-49)41-20-11-21-42(34-41)46-25-15-29-50(38-46)56-53-32-9-7-30-51(53)52-31-8-10-33-54(52)56/h1-38H. The second kappa shape index (κ2) is 14.4. The van der Waals surface area contributed by atoms with Crippen LogP contribution in [0.1, 0.15) is 0 Å². The molecule has 0 atom stereocenters. The molecule has 2 heteroatoms. The van der Waals surface area contributed by atoms with Gasteiger partial charge < -0.3 is 9.47 Å². The van der Waals surface area contributed by atoms with E-state index in [1.165, 1.54) is 60.8 Å². The highest BCUT2D eigenvalue weighted by atomic mass is 15.1. The first kappa shape index (κ1) is 33.2. The molecule has 2 nitrogen and oxygen atoms in total. The fraction of sp³-hybridized carbons (Fsp3) is 0. The minimum atomic E-state index is 1.09. The maximum Gasteiger partial charge on any atom is 0.0541 e. The molecule has 0 spiro atoms. The van der Waals surface area contributed by atoms with E-state index in [4.69, 9.17) is 0 Å². The van der Waals surface area contributed by atoms with Crippen LogP contribution in [0.4, 0.5) is 17.1 Å². The second-order valence-corrected chi connectivity index (χ2v) is 14.2. The third-order valence-corrected chi connectivity index (χ3v) is 10.7. The van der Waals surface area contributed by atoms with E-state index in [2.05, 4.69) is 240 Å². The third kappa shape index (κ3) is 6.24. The monoisotopic (exact) mass is 714 g/mol. The maximum atomic E-state index is 2.38. The Kier molecular flexibility index (Phi) is 8.55. The van der Waals surface area contributed by atoms with Crippen molar-refractivity contribution >= 4 is 38.9 Å². The lowest BCUT2D eigenvalue weighted by molar-refractivity contribution is 1.18. The summed E-state index contributed by atoms with van der Waals surface area (Å²) in [5.74, 6) is 0. The number of anilines is 3. The molecule has 0 unspecified atom stereocenters. The van der Waals surface area contributed by atoms with Crippen LogP contribution in [0.2, 0.25) is 0 Å². The molecule has 10 rings (SSSR count). The number of fused-ring (bicyclic) bond motifs is 3. The Balaban J connectivity index is 1.06.